The van der Waals surface area contributed by atoms with Crippen LogP contribution in [0.4, 0.5) is 0 Å². The molecular weight excluding hydrogens is 328 g/mol. The lowest BCUT2D eigenvalue weighted by molar-refractivity contribution is -0.139. The summed E-state index contributed by atoms with van der Waals surface area (Å²) in [5, 5.41) is 0. The van der Waals surface area contributed by atoms with E-state index in [0.717, 1.165) is 25.9 Å². The number of likely N-dealkylation sites (tertiary alicyclic amines) is 1. The van der Waals surface area contributed by atoms with E-state index in [1.807, 2.05) is 15.9 Å². The Balaban J connectivity index is 1.29. The summed E-state index contributed by atoms with van der Waals surface area (Å²) < 4.78 is 0. The van der Waals surface area contributed by atoms with Crippen LogP contribution in [0.2, 0.25) is 0 Å². The lowest BCUT2D eigenvalue weighted by atomic mass is 9.94. The van der Waals surface area contributed by atoms with E-state index in [1.54, 1.807) is 12.3 Å². The lowest BCUT2D eigenvalue weighted by Gasteiger charge is -2.40. The number of aromatic nitrogens is 1. The number of piperidine rings is 1. The van der Waals surface area contributed by atoms with Gasteiger partial charge in [0.05, 0.1) is 5.92 Å². The molecule has 1 N–H and O–H groups in total. The van der Waals surface area contributed by atoms with E-state index in [2.05, 4.69) is 9.88 Å². The fraction of sp³-hybridized carbons (Fsp3) is 0.700. The van der Waals surface area contributed by atoms with Crippen LogP contribution < -0.4 is 0 Å². The maximum atomic E-state index is 13.0. The number of hydrogen-bond acceptors (Lipinski definition) is 3. The Bertz CT molecular complexity index is 616. The molecule has 0 aromatic carbocycles. The standard InChI is InChI=1S/C20H30N4O2/c25-19(16-5-4-10-24(15-16)17-6-1-2-7-17)22-11-13-23(14-12-22)20(26)18-8-3-9-21-18/h3,8-9,16-17,21H,1-2,4-7,10-15H2/t16-/m0/s1. The zero-order valence-corrected chi connectivity index (χ0v) is 15.5. The average molecular weight is 358 g/mol. The first-order chi connectivity index (χ1) is 12.7. The largest absolute Gasteiger partial charge is 0.357 e. The van der Waals surface area contributed by atoms with Gasteiger partial charge in [0.25, 0.3) is 5.91 Å². The van der Waals surface area contributed by atoms with Gasteiger partial charge >= 0.3 is 0 Å². The first-order valence-electron chi connectivity index (χ1n) is 10.2. The number of nitrogens with one attached hydrogen (secondary N) is 1. The molecule has 4 rings (SSSR count). The number of piperazine rings is 1. The van der Waals surface area contributed by atoms with E-state index in [1.165, 1.54) is 25.7 Å². The first kappa shape index (κ1) is 17.6. The molecule has 0 radical (unpaired) electrons. The third-order valence-electron chi connectivity index (χ3n) is 6.35. The van der Waals surface area contributed by atoms with E-state index < -0.39 is 0 Å². The molecule has 6 nitrogen and oxygen atoms in total. The number of rotatable bonds is 3. The summed E-state index contributed by atoms with van der Waals surface area (Å²) in [6, 6.07) is 4.35. The molecule has 1 atom stereocenters. The van der Waals surface area contributed by atoms with Crippen LogP contribution in [0.15, 0.2) is 18.3 Å². The number of H-pyrrole nitrogens is 1. The Morgan fingerprint density at radius 1 is 0.923 bits per heavy atom. The smallest absolute Gasteiger partial charge is 0.270 e. The highest BCUT2D eigenvalue weighted by atomic mass is 16.2. The van der Waals surface area contributed by atoms with Gasteiger partial charge in [0, 0.05) is 45.0 Å². The Morgan fingerprint density at radius 2 is 1.65 bits per heavy atom. The Kier molecular flexibility index (Phi) is 5.29. The minimum Gasteiger partial charge on any atom is -0.357 e. The normalized spacial score (nSPS) is 25.6. The quantitative estimate of drug-likeness (QED) is 0.898. The highest BCUT2D eigenvalue weighted by Gasteiger charge is 2.34. The van der Waals surface area contributed by atoms with E-state index in [4.69, 9.17) is 0 Å². The highest BCUT2D eigenvalue weighted by molar-refractivity contribution is 5.92. The van der Waals surface area contributed by atoms with E-state index in [9.17, 15) is 9.59 Å². The molecule has 1 aromatic rings. The fourth-order valence-electron chi connectivity index (χ4n) is 4.83. The van der Waals surface area contributed by atoms with Crippen LogP contribution in [0.1, 0.15) is 49.0 Å². The van der Waals surface area contributed by atoms with Gasteiger partial charge in [-0.15, -0.1) is 0 Å². The second-order valence-electron chi connectivity index (χ2n) is 7.97. The van der Waals surface area contributed by atoms with Gasteiger partial charge in [-0.2, -0.15) is 0 Å². The van der Waals surface area contributed by atoms with Crippen molar-refractivity contribution in [3.63, 3.8) is 0 Å². The Hall–Kier alpha value is -1.82. The van der Waals surface area contributed by atoms with E-state index in [0.29, 0.717) is 43.8 Å². The monoisotopic (exact) mass is 358 g/mol. The molecule has 142 valence electrons. The van der Waals surface area contributed by atoms with Gasteiger partial charge in [0.15, 0.2) is 0 Å². The molecular formula is C20H30N4O2. The van der Waals surface area contributed by atoms with Crippen LogP contribution in [-0.4, -0.2) is 76.8 Å². The summed E-state index contributed by atoms with van der Waals surface area (Å²) >= 11 is 0. The van der Waals surface area contributed by atoms with Crippen LogP contribution in [-0.2, 0) is 4.79 Å². The van der Waals surface area contributed by atoms with Gasteiger partial charge in [-0.25, -0.2) is 0 Å². The molecule has 1 saturated carbocycles. The predicted octanol–water partition coefficient (Wildman–Crippen LogP) is 1.95. The molecule has 2 aliphatic heterocycles. The van der Waals surface area contributed by atoms with Crippen LogP contribution in [0.25, 0.3) is 0 Å². The lowest BCUT2D eigenvalue weighted by Crippen LogP contribution is -2.54. The molecule has 1 aromatic heterocycles. The summed E-state index contributed by atoms with van der Waals surface area (Å²) in [7, 11) is 0. The van der Waals surface area contributed by atoms with Gasteiger partial charge < -0.3 is 14.8 Å². The van der Waals surface area contributed by atoms with Gasteiger partial charge in [-0.05, 0) is 44.4 Å². The third-order valence-corrected chi connectivity index (χ3v) is 6.35. The van der Waals surface area contributed by atoms with Crippen LogP contribution >= 0.6 is 0 Å². The van der Waals surface area contributed by atoms with Gasteiger partial charge in [-0.1, -0.05) is 12.8 Å². The van der Waals surface area contributed by atoms with Crippen molar-refractivity contribution in [3.05, 3.63) is 24.0 Å². The predicted molar refractivity (Wildman–Crippen MR) is 99.8 cm³/mol. The second kappa shape index (κ2) is 7.82. The summed E-state index contributed by atoms with van der Waals surface area (Å²) in [6.45, 7) is 4.67. The molecule has 2 saturated heterocycles. The highest BCUT2D eigenvalue weighted by Crippen LogP contribution is 2.28. The summed E-state index contributed by atoms with van der Waals surface area (Å²) in [6.07, 6.45) is 9.22. The van der Waals surface area contributed by atoms with Crippen LogP contribution in [0.3, 0.4) is 0 Å². The molecule has 1 aliphatic carbocycles. The topological polar surface area (TPSA) is 59.7 Å². The van der Waals surface area contributed by atoms with Crippen molar-refractivity contribution in [3.8, 4) is 0 Å². The Labute approximate surface area is 155 Å². The van der Waals surface area contributed by atoms with Crippen LogP contribution in [0, 0.1) is 5.92 Å². The summed E-state index contributed by atoms with van der Waals surface area (Å²) in [5.41, 5.74) is 0.629. The zero-order chi connectivity index (χ0) is 17.9. The van der Waals surface area contributed by atoms with Crippen molar-refractivity contribution >= 4 is 11.8 Å². The molecule has 0 spiro atoms. The van der Waals surface area contributed by atoms with Crippen LogP contribution in [0.5, 0.6) is 0 Å². The molecule has 3 aliphatic rings. The maximum Gasteiger partial charge on any atom is 0.270 e. The molecule has 3 heterocycles. The zero-order valence-electron chi connectivity index (χ0n) is 15.5. The Morgan fingerprint density at radius 3 is 2.35 bits per heavy atom. The average Bonchev–Trinajstić information content (AvgIpc) is 3.41. The minimum absolute atomic E-state index is 0.0344. The fourth-order valence-corrected chi connectivity index (χ4v) is 4.83. The SMILES string of the molecule is O=C(c1ccc[nH]1)N1CCN(C(=O)[C@H]2CCCN(C3CCCC3)C2)CC1. The van der Waals surface area contributed by atoms with Crippen molar-refractivity contribution in [1.82, 2.24) is 19.7 Å². The minimum atomic E-state index is 0.0344. The number of hydrogen-bond donors (Lipinski definition) is 1. The number of amides is 2. The maximum absolute atomic E-state index is 13.0. The molecule has 0 unspecified atom stereocenters. The third kappa shape index (κ3) is 3.65. The first-order valence-corrected chi connectivity index (χ1v) is 10.2. The van der Waals surface area contributed by atoms with Crippen molar-refractivity contribution in [2.24, 2.45) is 5.92 Å². The van der Waals surface area contributed by atoms with Gasteiger partial charge in [0.2, 0.25) is 5.91 Å². The van der Waals surface area contributed by atoms with Gasteiger partial charge in [-0.3, -0.25) is 14.5 Å². The molecule has 3 fully saturated rings. The molecule has 26 heavy (non-hydrogen) atoms. The van der Waals surface area contributed by atoms with Gasteiger partial charge in [0.1, 0.15) is 5.69 Å². The number of carbonyl (C=O) groups is 2. The number of carbonyl (C=O) groups excluding carboxylic acids is 2. The van der Waals surface area contributed by atoms with Crippen molar-refractivity contribution < 1.29 is 9.59 Å². The second-order valence-corrected chi connectivity index (χ2v) is 7.97. The van der Waals surface area contributed by atoms with E-state index in [-0.39, 0.29) is 11.8 Å². The molecule has 6 heteroatoms. The number of nitrogens with zero attached hydrogens (tertiary/aromatic N) is 3. The summed E-state index contributed by atoms with van der Waals surface area (Å²) in [5.74, 6) is 0.488. The molecule has 0 bridgehead atoms. The van der Waals surface area contributed by atoms with Crippen molar-refractivity contribution in [2.75, 3.05) is 39.3 Å². The molecule has 2 amide bonds. The van der Waals surface area contributed by atoms with Crippen molar-refractivity contribution in [1.29, 1.82) is 0 Å². The van der Waals surface area contributed by atoms with Crippen molar-refractivity contribution in [2.45, 2.75) is 44.6 Å². The number of aromatic amines is 1. The summed E-state index contributed by atoms with van der Waals surface area (Å²) in [4.78, 5) is 34.8. The van der Waals surface area contributed by atoms with E-state index >= 15 is 0 Å².